The predicted molar refractivity (Wildman–Crippen MR) is 117 cm³/mol. The lowest BCUT2D eigenvalue weighted by atomic mass is 10.0. The molecule has 0 saturated heterocycles. The van der Waals surface area contributed by atoms with Gasteiger partial charge in [0.2, 0.25) is 11.7 Å². The third kappa shape index (κ3) is 4.13. The average molecular weight is 439 g/mol. The van der Waals surface area contributed by atoms with E-state index >= 15 is 0 Å². The lowest BCUT2D eigenvalue weighted by molar-refractivity contribution is -0.146. The largest absolute Gasteiger partial charge is 0.454 e. The van der Waals surface area contributed by atoms with Crippen LogP contribution in [0.15, 0.2) is 40.8 Å². The van der Waals surface area contributed by atoms with Crippen molar-refractivity contribution in [3.05, 3.63) is 57.5 Å². The van der Waals surface area contributed by atoms with Gasteiger partial charge in [-0.1, -0.05) is 0 Å². The van der Waals surface area contributed by atoms with Crippen molar-refractivity contribution in [1.29, 1.82) is 0 Å². The number of hydrogen-bond donors (Lipinski definition) is 0. The van der Waals surface area contributed by atoms with Crippen molar-refractivity contribution in [2.45, 2.75) is 39.3 Å². The predicted octanol–water partition coefficient (Wildman–Crippen LogP) is 2.57. The zero-order chi connectivity index (χ0) is 22.1. The van der Waals surface area contributed by atoms with E-state index in [1.165, 1.54) is 36.1 Å². The van der Waals surface area contributed by atoms with Crippen LogP contribution in [-0.4, -0.2) is 39.9 Å². The Morgan fingerprint density at radius 1 is 1.26 bits per heavy atom. The molecule has 160 valence electrons. The highest BCUT2D eigenvalue weighted by molar-refractivity contribution is 7.16. The van der Waals surface area contributed by atoms with Crippen LogP contribution in [-0.2, 0) is 27.3 Å². The fraction of sp³-hybridized carbons (Fsp3) is 0.318. The molecule has 0 spiro atoms. The van der Waals surface area contributed by atoms with Crippen molar-refractivity contribution >= 4 is 44.9 Å². The molecule has 1 aliphatic rings. The second kappa shape index (κ2) is 8.43. The molecule has 1 atom stereocenters. The molecule has 1 aliphatic heterocycles. The number of ketones is 1. The van der Waals surface area contributed by atoms with E-state index in [-0.39, 0.29) is 30.2 Å². The minimum Gasteiger partial charge on any atom is -0.454 e. The van der Waals surface area contributed by atoms with E-state index in [4.69, 9.17) is 4.74 Å². The summed E-state index contributed by atoms with van der Waals surface area (Å²) in [6, 6.07) is 6.86. The second-order valence-electron chi connectivity index (χ2n) is 7.39. The number of benzene rings is 1. The molecule has 3 heterocycles. The Morgan fingerprint density at radius 3 is 2.84 bits per heavy atom. The van der Waals surface area contributed by atoms with Gasteiger partial charge in [0.25, 0.3) is 5.56 Å². The fourth-order valence-corrected chi connectivity index (χ4v) is 4.41. The molecule has 3 aromatic rings. The summed E-state index contributed by atoms with van der Waals surface area (Å²) in [5.74, 6) is -0.911. The van der Waals surface area contributed by atoms with E-state index < -0.39 is 12.1 Å². The van der Waals surface area contributed by atoms with Crippen molar-refractivity contribution in [1.82, 2.24) is 9.55 Å². The molecule has 4 rings (SSSR count). The van der Waals surface area contributed by atoms with Crippen LogP contribution in [0.3, 0.4) is 0 Å². The molecular formula is C22H21N3O5S. The van der Waals surface area contributed by atoms with Gasteiger partial charge < -0.3 is 9.64 Å². The number of thiophene rings is 1. The average Bonchev–Trinajstić information content (AvgIpc) is 3.39. The van der Waals surface area contributed by atoms with Crippen LogP contribution >= 0.6 is 11.3 Å². The Labute approximate surface area is 182 Å². The third-order valence-corrected chi connectivity index (χ3v) is 6.15. The highest BCUT2D eigenvalue weighted by Gasteiger charge is 2.25. The van der Waals surface area contributed by atoms with Gasteiger partial charge in [0, 0.05) is 31.3 Å². The number of esters is 1. The first-order valence-corrected chi connectivity index (χ1v) is 10.8. The highest BCUT2D eigenvalue weighted by atomic mass is 32.1. The van der Waals surface area contributed by atoms with Gasteiger partial charge in [0.05, 0.1) is 18.1 Å². The van der Waals surface area contributed by atoms with Gasteiger partial charge in [0.1, 0.15) is 4.83 Å². The molecule has 2 aromatic heterocycles. The van der Waals surface area contributed by atoms with Crippen molar-refractivity contribution in [3.63, 3.8) is 0 Å². The van der Waals surface area contributed by atoms with E-state index in [2.05, 4.69) is 4.98 Å². The van der Waals surface area contributed by atoms with Crippen molar-refractivity contribution in [2.75, 3.05) is 11.4 Å². The summed E-state index contributed by atoms with van der Waals surface area (Å²) in [6.45, 7) is 3.76. The van der Waals surface area contributed by atoms with Gasteiger partial charge in [-0.3, -0.25) is 23.7 Å². The number of aryl methyl sites for hydroxylation is 1. The monoisotopic (exact) mass is 439 g/mol. The lowest BCUT2D eigenvalue weighted by Crippen LogP contribution is -2.27. The molecular weight excluding hydrogens is 418 g/mol. The van der Waals surface area contributed by atoms with E-state index in [0.29, 0.717) is 28.7 Å². The van der Waals surface area contributed by atoms with E-state index in [9.17, 15) is 19.2 Å². The number of carbonyl (C=O) groups is 3. The Hall–Kier alpha value is -3.33. The number of aromatic nitrogens is 2. The van der Waals surface area contributed by atoms with Crippen LogP contribution in [0.2, 0.25) is 0 Å². The number of Topliss-reactive ketones (excluding diaryl/α,β-unsaturated/α-hetero) is 1. The van der Waals surface area contributed by atoms with Gasteiger partial charge in [-0.15, -0.1) is 11.3 Å². The Bertz CT molecular complexity index is 1250. The highest BCUT2D eigenvalue weighted by Crippen LogP contribution is 2.29. The number of fused-ring (bicyclic) bond motifs is 2. The normalized spacial score (nSPS) is 13.8. The van der Waals surface area contributed by atoms with Crippen molar-refractivity contribution in [2.24, 2.45) is 0 Å². The molecule has 0 unspecified atom stereocenters. The summed E-state index contributed by atoms with van der Waals surface area (Å²) in [6.07, 6.45) is 1.09. The fourth-order valence-electron chi connectivity index (χ4n) is 3.69. The lowest BCUT2D eigenvalue weighted by Gasteiger charge is -2.16. The van der Waals surface area contributed by atoms with Crippen LogP contribution in [0, 0.1) is 0 Å². The number of carbonyl (C=O) groups excluding carboxylic acids is 3. The van der Waals surface area contributed by atoms with E-state index in [1.54, 1.807) is 34.5 Å². The Balaban J connectivity index is 1.37. The number of nitrogens with zero attached hydrogens (tertiary/aromatic N) is 3. The number of rotatable bonds is 6. The number of hydrogen-bond acceptors (Lipinski definition) is 7. The minimum atomic E-state index is -0.954. The van der Waals surface area contributed by atoms with Crippen LogP contribution in [0.1, 0.15) is 36.2 Å². The maximum Gasteiger partial charge on any atom is 0.308 e. The molecule has 0 fully saturated rings. The standard InChI is InChI=1S/C22H21N3O5S/c1-13(20(28)16-3-4-18-15(11-16)5-9-25(18)14(2)26)30-19(27)6-8-24-12-23-21-17(22(24)29)7-10-31-21/h3-4,7,10-13H,5-6,8-9H2,1-2H3/t13-/m1/s1. The Kier molecular flexibility index (Phi) is 5.69. The molecule has 8 nitrogen and oxygen atoms in total. The SMILES string of the molecule is CC(=O)N1CCc2cc(C(=O)[C@@H](C)OC(=O)CCn3cnc4sccc4c3=O)ccc21. The van der Waals surface area contributed by atoms with Gasteiger partial charge >= 0.3 is 5.97 Å². The maximum absolute atomic E-state index is 12.7. The van der Waals surface area contributed by atoms with Gasteiger partial charge in [-0.25, -0.2) is 4.98 Å². The topological polar surface area (TPSA) is 98.6 Å². The van der Waals surface area contributed by atoms with Crippen LogP contribution in [0.25, 0.3) is 10.2 Å². The summed E-state index contributed by atoms with van der Waals surface area (Å²) in [5.41, 5.74) is 1.97. The first kappa shape index (κ1) is 20.9. The quantitative estimate of drug-likeness (QED) is 0.432. The molecule has 0 saturated carbocycles. The van der Waals surface area contributed by atoms with Gasteiger partial charge in [0.15, 0.2) is 6.10 Å². The molecule has 1 amide bonds. The Morgan fingerprint density at radius 2 is 2.06 bits per heavy atom. The molecule has 0 N–H and O–H groups in total. The maximum atomic E-state index is 12.7. The molecule has 9 heteroatoms. The molecule has 0 radical (unpaired) electrons. The van der Waals surface area contributed by atoms with E-state index in [0.717, 1.165) is 11.3 Å². The van der Waals surface area contributed by atoms with Crippen LogP contribution in [0.5, 0.6) is 0 Å². The van der Waals surface area contributed by atoms with Gasteiger partial charge in [-0.05, 0) is 48.6 Å². The first-order chi connectivity index (χ1) is 14.8. The molecule has 0 bridgehead atoms. The second-order valence-corrected chi connectivity index (χ2v) is 8.29. The van der Waals surface area contributed by atoms with E-state index in [1.807, 2.05) is 0 Å². The molecule has 31 heavy (non-hydrogen) atoms. The summed E-state index contributed by atoms with van der Waals surface area (Å²) in [4.78, 5) is 55.5. The molecule has 1 aromatic carbocycles. The number of ether oxygens (including phenoxy) is 1. The number of amides is 1. The summed E-state index contributed by atoms with van der Waals surface area (Å²) in [7, 11) is 0. The zero-order valence-electron chi connectivity index (χ0n) is 17.2. The minimum absolute atomic E-state index is 0.0346. The zero-order valence-corrected chi connectivity index (χ0v) is 18.0. The summed E-state index contributed by atoms with van der Waals surface area (Å²) in [5, 5.41) is 2.31. The summed E-state index contributed by atoms with van der Waals surface area (Å²) < 4.78 is 6.66. The van der Waals surface area contributed by atoms with Crippen molar-refractivity contribution in [3.8, 4) is 0 Å². The molecule has 0 aliphatic carbocycles. The smallest absolute Gasteiger partial charge is 0.308 e. The third-order valence-electron chi connectivity index (χ3n) is 5.32. The number of anilines is 1. The van der Waals surface area contributed by atoms with Gasteiger partial charge in [-0.2, -0.15) is 0 Å². The van der Waals surface area contributed by atoms with Crippen molar-refractivity contribution < 1.29 is 19.1 Å². The van der Waals surface area contributed by atoms with Crippen LogP contribution in [0.4, 0.5) is 5.69 Å². The summed E-state index contributed by atoms with van der Waals surface area (Å²) >= 11 is 1.38. The van der Waals surface area contributed by atoms with Crippen LogP contribution < -0.4 is 10.5 Å². The first-order valence-electron chi connectivity index (χ1n) is 9.92.